The summed E-state index contributed by atoms with van der Waals surface area (Å²) in [5, 5.41) is 11.9. The highest BCUT2D eigenvalue weighted by molar-refractivity contribution is 9.10. The number of nitrogens with one attached hydrogen (secondary N) is 1. The summed E-state index contributed by atoms with van der Waals surface area (Å²) < 4.78 is 2.87. The van der Waals surface area contributed by atoms with Gasteiger partial charge in [-0.1, -0.05) is 38.3 Å². The normalized spacial score (nSPS) is 24.7. The van der Waals surface area contributed by atoms with Crippen LogP contribution in [0.5, 0.6) is 0 Å². The Labute approximate surface area is 124 Å². The molecule has 0 aliphatic heterocycles. The van der Waals surface area contributed by atoms with Gasteiger partial charge in [0.1, 0.15) is 0 Å². The Hall–Kier alpha value is -0.420. The smallest absolute Gasteiger partial charge is 0.151 e. The van der Waals surface area contributed by atoms with Crippen LogP contribution < -0.4 is 5.32 Å². The van der Waals surface area contributed by atoms with Gasteiger partial charge in [0.25, 0.3) is 0 Å². The van der Waals surface area contributed by atoms with Crippen molar-refractivity contribution in [1.82, 2.24) is 20.3 Å². The zero-order valence-corrected chi connectivity index (χ0v) is 13.8. The fourth-order valence-electron chi connectivity index (χ4n) is 3.11. The summed E-state index contributed by atoms with van der Waals surface area (Å²) in [6.07, 6.45) is 6.59. The molecule has 5 heteroatoms. The molecule has 108 valence electrons. The van der Waals surface area contributed by atoms with E-state index in [0.717, 1.165) is 11.1 Å². The van der Waals surface area contributed by atoms with E-state index in [-0.39, 0.29) is 0 Å². The van der Waals surface area contributed by atoms with Gasteiger partial charge in [0.05, 0.1) is 5.69 Å². The van der Waals surface area contributed by atoms with E-state index >= 15 is 0 Å². The minimum Gasteiger partial charge on any atom is -0.314 e. The van der Waals surface area contributed by atoms with Crippen molar-refractivity contribution in [2.24, 2.45) is 13.0 Å². The number of rotatable bonds is 4. The summed E-state index contributed by atoms with van der Waals surface area (Å²) in [6.45, 7) is 5.53. The Balaban J connectivity index is 2.17. The van der Waals surface area contributed by atoms with Crippen LogP contribution in [0.4, 0.5) is 0 Å². The van der Waals surface area contributed by atoms with Gasteiger partial charge in [0.2, 0.25) is 0 Å². The number of halogens is 1. The summed E-state index contributed by atoms with van der Waals surface area (Å²) in [7, 11) is 2.00. The zero-order valence-electron chi connectivity index (χ0n) is 12.2. The van der Waals surface area contributed by atoms with Gasteiger partial charge in [-0.15, -0.1) is 5.10 Å². The van der Waals surface area contributed by atoms with Crippen LogP contribution in [-0.2, 0) is 7.05 Å². The van der Waals surface area contributed by atoms with Crippen LogP contribution in [0.3, 0.4) is 0 Å². The minimum absolute atomic E-state index is 0.553. The van der Waals surface area contributed by atoms with E-state index in [1.54, 1.807) is 0 Å². The topological polar surface area (TPSA) is 42.7 Å². The third-order valence-corrected chi connectivity index (χ3v) is 4.69. The van der Waals surface area contributed by atoms with Gasteiger partial charge < -0.3 is 5.32 Å². The lowest BCUT2D eigenvalue weighted by molar-refractivity contribution is 0.350. The number of aryl methyl sites for hydroxylation is 1. The Kier molecular flexibility index (Phi) is 5.39. The number of nitrogens with zero attached hydrogens (tertiary/aromatic N) is 3. The second-order valence-corrected chi connectivity index (χ2v) is 6.71. The monoisotopic (exact) mass is 328 g/mol. The lowest BCUT2D eigenvalue weighted by Gasteiger charge is -2.26. The van der Waals surface area contributed by atoms with E-state index < -0.39 is 0 Å². The van der Waals surface area contributed by atoms with Gasteiger partial charge in [0, 0.05) is 19.0 Å². The maximum absolute atomic E-state index is 4.16. The molecule has 0 aromatic carbocycles. The molecule has 0 radical (unpaired) electrons. The average Bonchev–Trinajstić information content (AvgIpc) is 2.58. The first-order chi connectivity index (χ1) is 9.09. The van der Waals surface area contributed by atoms with Crippen molar-refractivity contribution in [1.29, 1.82) is 0 Å². The molecule has 4 nitrogen and oxygen atoms in total. The molecule has 2 atom stereocenters. The van der Waals surface area contributed by atoms with Gasteiger partial charge in [0.15, 0.2) is 4.60 Å². The molecule has 0 saturated heterocycles. The molecule has 1 fully saturated rings. The minimum atomic E-state index is 0.553. The van der Waals surface area contributed by atoms with E-state index in [1.807, 2.05) is 11.7 Å². The zero-order chi connectivity index (χ0) is 13.8. The van der Waals surface area contributed by atoms with Crippen molar-refractivity contribution < 1.29 is 0 Å². The Morgan fingerprint density at radius 2 is 2.05 bits per heavy atom. The van der Waals surface area contributed by atoms with Gasteiger partial charge >= 0.3 is 0 Å². The number of hydrogen-bond donors (Lipinski definition) is 1. The van der Waals surface area contributed by atoms with E-state index in [2.05, 4.69) is 45.4 Å². The van der Waals surface area contributed by atoms with Crippen LogP contribution in [0.25, 0.3) is 0 Å². The number of hydrogen-bond acceptors (Lipinski definition) is 3. The van der Waals surface area contributed by atoms with Crippen LogP contribution in [-0.4, -0.2) is 27.6 Å². The summed E-state index contributed by atoms with van der Waals surface area (Å²) in [4.78, 5) is 0. The second-order valence-electron chi connectivity index (χ2n) is 5.96. The van der Waals surface area contributed by atoms with Crippen molar-refractivity contribution in [2.45, 2.75) is 57.9 Å². The lowest BCUT2D eigenvalue weighted by Crippen LogP contribution is -2.32. The Morgan fingerprint density at radius 1 is 1.32 bits per heavy atom. The quantitative estimate of drug-likeness (QED) is 0.863. The van der Waals surface area contributed by atoms with Gasteiger partial charge in [-0.2, -0.15) is 0 Å². The molecule has 1 saturated carbocycles. The van der Waals surface area contributed by atoms with Crippen LogP contribution in [0.15, 0.2) is 4.60 Å². The Bertz CT molecular complexity index is 383. The summed E-state index contributed by atoms with van der Waals surface area (Å²) in [5.74, 6) is 1.27. The van der Waals surface area contributed by atoms with Gasteiger partial charge in [-0.05, 0) is 41.2 Å². The van der Waals surface area contributed by atoms with Crippen LogP contribution in [0.1, 0.15) is 57.6 Å². The molecule has 0 amide bonds. The molecule has 0 bridgehead atoms. The molecule has 1 aromatic rings. The third-order valence-electron chi connectivity index (χ3n) is 4.13. The summed E-state index contributed by atoms with van der Waals surface area (Å²) in [6, 6.07) is 0.553. The average molecular weight is 329 g/mol. The van der Waals surface area contributed by atoms with E-state index in [1.165, 1.54) is 37.8 Å². The fourth-order valence-corrected chi connectivity index (χ4v) is 3.73. The van der Waals surface area contributed by atoms with Crippen LogP contribution in [0, 0.1) is 5.92 Å². The fraction of sp³-hybridized carbons (Fsp3) is 0.857. The first-order valence-electron chi connectivity index (χ1n) is 7.38. The maximum atomic E-state index is 4.16. The van der Waals surface area contributed by atoms with Crippen molar-refractivity contribution in [3.63, 3.8) is 0 Å². The van der Waals surface area contributed by atoms with Crippen LogP contribution >= 0.6 is 15.9 Å². The molecule has 2 unspecified atom stereocenters. The first-order valence-corrected chi connectivity index (χ1v) is 8.17. The molecule has 1 aromatic heterocycles. The molecule has 1 aliphatic rings. The Morgan fingerprint density at radius 3 is 2.68 bits per heavy atom. The van der Waals surface area contributed by atoms with Crippen molar-refractivity contribution in [3.05, 3.63) is 10.3 Å². The van der Waals surface area contributed by atoms with Gasteiger partial charge in [-0.3, -0.25) is 4.68 Å². The van der Waals surface area contributed by atoms with Crippen molar-refractivity contribution in [3.8, 4) is 0 Å². The molecule has 1 N–H and O–H groups in total. The van der Waals surface area contributed by atoms with Crippen molar-refractivity contribution in [2.75, 3.05) is 6.54 Å². The van der Waals surface area contributed by atoms with E-state index in [0.29, 0.717) is 17.9 Å². The van der Waals surface area contributed by atoms with Gasteiger partial charge in [-0.25, -0.2) is 0 Å². The SMILES string of the molecule is CC(C)NCC1CCCCCC1c1c(Br)nnn1C. The molecule has 1 aliphatic carbocycles. The highest BCUT2D eigenvalue weighted by Gasteiger charge is 2.29. The largest absolute Gasteiger partial charge is 0.314 e. The third kappa shape index (κ3) is 3.78. The molecule has 1 heterocycles. The van der Waals surface area contributed by atoms with Crippen molar-refractivity contribution >= 4 is 15.9 Å². The summed E-state index contributed by atoms with van der Waals surface area (Å²) in [5.41, 5.74) is 1.28. The predicted molar refractivity (Wildman–Crippen MR) is 81.2 cm³/mol. The molecule has 2 rings (SSSR count). The summed E-state index contributed by atoms with van der Waals surface area (Å²) >= 11 is 3.57. The van der Waals surface area contributed by atoms with E-state index in [4.69, 9.17) is 0 Å². The number of aromatic nitrogens is 3. The molecule has 19 heavy (non-hydrogen) atoms. The first kappa shape index (κ1) is 15.0. The molecular weight excluding hydrogens is 304 g/mol. The highest BCUT2D eigenvalue weighted by Crippen LogP contribution is 2.38. The molecular formula is C14H25BrN4. The van der Waals surface area contributed by atoms with E-state index in [9.17, 15) is 0 Å². The molecule has 0 spiro atoms. The predicted octanol–water partition coefficient (Wildman–Crippen LogP) is 3.24. The van der Waals surface area contributed by atoms with Crippen LogP contribution in [0.2, 0.25) is 0 Å². The maximum Gasteiger partial charge on any atom is 0.151 e. The lowest BCUT2D eigenvalue weighted by atomic mass is 9.85. The standard InChI is InChI=1S/C14H25BrN4/c1-10(2)16-9-11-7-5-4-6-8-12(11)13-14(15)17-18-19(13)3/h10-12,16H,4-9H2,1-3H3. The highest BCUT2D eigenvalue weighted by atomic mass is 79.9. The second kappa shape index (κ2) is 6.84.